The SMILES string of the molecule is NCCN.[Cl-].[Cl-].[Ni+2].[OH3+].[OH3+].c1ccc(-c2ccccn2)nc1. The Kier molecular flexibility index (Phi) is 33.0. The quantitative estimate of drug-likeness (QED) is 0.392. The molecule has 124 valence electrons. The fourth-order valence-electron chi connectivity index (χ4n) is 1.03. The van der Waals surface area contributed by atoms with Crippen LogP contribution in [0.15, 0.2) is 48.8 Å². The maximum Gasteiger partial charge on any atom is 2.00 e. The van der Waals surface area contributed by atoms with Gasteiger partial charge in [0, 0.05) is 25.5 Å². The Morgan fingerprint density at radius 3 is 1.24 bits per heavy atom. The third-order valence-electron chi connectivity index (χ3n) is 1.76. The van der Waals surface area contributed by atoms with Crippen molar-refractivity contribution in [3.05, 3.63) is 48.8 Å². The molecule has 6 nitrogen and oxygen atoms in total. The topological polar surface area (TPSA) is 144 Å². The van der Waals surface area contributed by atoms with E-state index in [1.54, 1.807) is 12.4 Å². The number of nitrogens with zero attached hydrogens (tertiary/aromatic N) is 2. The predicted molar refractivity (Wildman–Crippen MR) is 75.3 cm³/mol. The molecule has 0 aliphatic heterocycles. The van der Waals surface area contributed by atoms with Gasteiger partial charge in [-0.2, -0.15) is 0 Å². The third kappa shape index (κ3) is 13.9. The van der Waals surface area contributed by atoms with Gasteiger partial charge in [0.15, 0.2) is 0 Å². The molecule has 0 atom stereocenters. The number of nitrogens with two attached hydrogens (primary N) is 2. The van der Waals surface area contributed by atoms with Gasteiger partial charge in [0.05, 0.1) is 11.4 Å². The predicted octanol–water partition coefficient (Wildman–Crippen LogP) is -6.79. The molecule has 0 amide bonds. The van der Waals surface area contributed by atoms with Crippen LogP contribution in [0.25, 0.3) is 11.4 Å². The van der Waals surface area contributed by atoms with E-state index in [0.717, 1.165) is 11.4 Å². The van der Waals surface area contributed by atoms with E-state index in [2.05, 4.69) is 9.97 Å². The summed E-state index contributed by atoms with van der Waals surface area (Å²) < 4.78 is 0. The normalized spacial score (nSPS) is 6.95. The van der Waals surface area contributed by atoms with E-state index >= 15 is 0 Å². The summed E-state index contributed by atoms with van der Waals surface area (Å²) in [6, 6.07) is 11.6. The molecule has 0 fully saturated rings. The molecule has 0 spiro atoms. The number of hydrogen-bond donors (Lipinski definition) is 2. The fraction of sp³-hybridized carbons (Fsp3) is 0.167. The minimum Gasteiger partial charge on any atom is -1.00 e. The maximum absolute atomic E-state index is 4.90. The first-order valence-corrected chi connectivity index (χ1v) is 5.11. The molecule has 0 saturated carbocycles. The molecule has 0 aromatic carbocycles. The molecule has 0 unspecified atom stereocenters. The van der Waals surface area contributed by atoms with E-state index in [-0.39, 0.29) is 52.3 Å². The Morgan fingerprint density at radius 1 is 0.714 bits per heavy atom. The number of aromatic nitrogens is 2. The smallest absolute Gasteiger partial charge is 1.00 e. The molecule has 9 heteroatoms. The van der Waals surface area contributed by atoms with Gasteiger partial charge in [-0.1, -0.05) is 12.1 Å². The van der Waals surface area contributed by atoms with Crippen LogP contribution in [0.3, 0.4) is 0 Å². The van der Waals surface area contributed by atoms with Crippen molar-refractivity contribution >= 4 is 0 Å². The zero-order valence-corrected chi connectivity index (χ0v) is 13.8. The summed E-state index contributed by atoms with van der Waals surface area (Å²) in [4.78, 5) is 8.37. The van der Waals surface area contributed by atoms with Crippen LogP contribution in [0, 0.1) is 0 Å². The standard InChI is InChI=1S/C10H8N2.C2H8N2.2ClH.Ni.2H2O/c1-3-7-11-9(5-1)10-6-2-4-8-12-10;3-1-2-4;;;;;/h1-8H;1-4H2;2*1H;;2*1H2/q;;;;+2;;. The molecule has 0 aliphatic rings. The molecule has 2 rings (SSSR count). The summed E-state index contributed by atoms with van der Waals surface area (Å²) in [6.45, 7) is 1.19. The summed E-state index contributed by atoms with van der Waals surface area (Å²) in [5.41, 5.74) is 11.6. The Hall–Kier alpha value is -0.786. The van der Waals surface area contributed by atoms with Crippen LogP contribution in [-0.4, -0.2) is 23.1 Å². The molecule has 21 heavy (non-hydrogen) atoms. The van der Waals surface area contributed by atoms with E-state index in [1.165, 1.54) is 0 Å². The molecule has 0 saturated heterocycles. The summed E-state index contributed by atoms with van der Waals surface area (Å²) in [6.07, 6.45) is 3.54. The summed E-state index contributed by atoms with van der Waals surface area (Å²) >= 11 is 0. The average Bonchev–Trinajstić information content (AvgIpc) is 2.41. The maximum atomic E-state index is 4.90. The molecule has 0 radical (unpaired) electrons. The van der Waals surface area contributed by atoms with Crippen molar-refractivity contribution in [2.24, 2.45) is 11.5 Å². The van der Waals surface area contributed by atoms with Gasteiger partial charge in [0.2, 0.25) is 0 Å². The minimum atomic E-state index is 0. The van der Waals surface area contributed by atoms with Crippen molar-refractivity contribution in [2.75, 3.05) is 13.1 Å². The van der Waals surface area contributed by atoms with Crippen LogP contribution in [0.5, 0.6) is 0 Å². The largest absolute Gasteiger partial charge is 2.00 e. The number of rotatable bonds is 2. The zero-order valence-electron chi connectivity index (χ0n) is 11.3. The van der Waals surface area contributed by atoms with E-state index < -0.39 is 0 Å². The first kappa shape index (κ1) is 32.2. The van der Waals surface area contributed by atoms with Crippen LogP contribution >= 0.6 is 0 Å². The van der Waals surface area contributed by atoms with Gasteiger partial charge in [-0.3, -0.25) is 9.97 Å². The number of halogens is 2. The van der Waals surface area contributed by atoms with Crippen LogP contribution in [0.2, 0.25) is 0 Å². The zero-order chi connectivity index (χ0) is 11.6. The van der Waals surface area contributed by atoms with Crippen molar-refractivity contribution in [1.29, 1.82) is 0 Å². The Morgan fingerprint density at radius 2 is 1.05 bits per heavy atom. The van der Waals surface area contributed by atoms with E-state index in [1.807, 2.05) is 36.4 Å². The molecular weight excluding hydrogens is 362 g/mol. The van der Waals surface area contributed by atoms with E-state index in [0.29, 0.717) is 13.1 Å². The van der Waals surface area contributed by atoms with Crippen molar-refractivity contribution in [3.63, 3.8) is 0 Å². The van der Waals surface area contributed by atoms with Crippen LogP contribution < -0.4 is 36.3 Å². The van der Waals surface area contributed by atoms with E-state index in [9.17, 15) is 0 Å². The summed E-state index contributed by atoms with van der Waals surface area (Å²) in [7, 11) is 0. The van der Waals surface area contributed by atoms with E-state index in [4.69, 9.17) is 11.5 Å². The van der Waals surface area contributed by atoms with Crippen LogP contribution in [0.1, 0.15) is 0 Å². The van der Waals surface area contributed by atoms with Crippen molar-refractivity contribution in [3.8, 4) is 11.4 Å². The average molecular weight is 384 g/mol. The van der Waals surface area contributed by atoms with Crippen LogP contribution in [-0.2, 0) is 27.4 Å². The van der Waals surface area contributed by atoms with Gasteiger partial charge in [0.25, 0.3) is 0 Å². The molecule has 0 bridgehead atoms. The Balaban J connectivity index is -0.0000000864. The van der Waals surface area contributed by atoms with Crippen LogP contribution in [0.4, 0.5) is 0 Å². The second-order valence-corrected chi connectivity index (χ2v) is 3.01. The molecule has 10 N–H and O–H groups in total. The molecule has 0 aliphatic carbocycles. The molecule has 2 aromatic heterocycles. The van der Waals surface area contributed by atoms with Crippen molar-refractivity contribution < 1.29 is 52.3 Å². The Labute approximate surface area is 147 Å². The van der Waals surface area contributed by atoms with Crippen molar-refractivity contribution in [1.82, 2.24) is 9.97 Å². The summed E-state index contributed by atoms with van der Waals surface area (Å²) in [5, 5.41) is 0. The van der Waals surface area contributed by atoms with Crippen molar-refractivity contribution in [2.45, 2.75) is 0 Å². The molecule has 2 aromatic rings. The van der Waals surface area contributed by atoms with Gasteiger partial charge in [0.1, 0.15) is 0 Å². The fourth-order valence-corrected chi connectivity index (χ4v) is 1.03. The minimum absolute atomic E-state index is 0. The summed E-state index contributed by atoms with van der Waals surface area (Å²) in [5.74, 6) is 0. The van der Waals surface area contributed by atoms with Gasteiger partial charge >= 0.3 is 16.5 Å². The second-order valence-electron chi connectivity index (χ2n) is 3.01. The second kappa shape index (κ2) is 21.5. The van der Waals surface area contributed by atoms with Gasteiger partial charge in [-0.25, -0.2) is 0 Å². The number of hydrogen-bond acceptors (Lipinski definition) is 4. The first-order valence-electron chi connectivity index (χ1n) is 5.11. The number of pyridine rings is 2. The third-order valence-corrected chi connectivity index (χ3v) is 1.76. The monoisotopic (exact) mass is 382 g/mol. The van der Waals surface area contributed by atoms with Gasteiger partial charge in [-0.15, -0.1) is 0 Å². The molecule has 2 heterocycles. The van der Waals surface area contributed by atoms with Gasteiger partial charge in [-0.05, 0) is 24.3 Å². The molecular formula is C12H22Cl2N4NiO2+2. The Bertz CT molecular complexity index is 359. The first-order chi connectivity index (χ1) is 7.88. The van der Waals surface area contributed by atoms with Gasteiger partial charge < -0.3 is 47.2 Å².